The Labute approximate surface area is 150 Å². The zero-order chi connectivity index (χ0) is 18.3. The largest absolute Gasteiger partial charge is 0.368 e. The molecule has 2 N–H and O–H groups in total. The Morgan fingerprint density at radius 3 is 2.69 bits per heavy atom. The Balaban J connectivity index is 1.78. The van der Waals surface area contributed by atoms with Gasteiger partial charge < -0.3 is 5.73 Å². The molecule has 1 unspecified atom stereocenters. The third-order valence-electron chi connectivity index (χ3n) is 4.77. The van der Waals surface area contributed by atoms with Crippen LogP contribution in [0.5, 0.6) is 0 Å². The van der Waals surface area contributed by atoms with E-state index in [4.69, 9.17) is 5.73 Å². The van der Waals surface area contributed by atoms with Crippen molar-refractivity contribution in [2.75, 3.05) is 5.73 Å². The van der Waals surface area contributed by atoms with Gasteiger partial charge in [0.25, 0.3) is 0 Å². The monoisotopic (exact) mass is 348 g/mol. The van der Waals surface area contributed by atoms with E-state index in [-0.39, 0.29) is 17.6 Å². The van der Waals surface area contributed by atoms with Crippen molar-refractivity contribution in [3.8, 4) is 11.1 Å². The number of nitrogens with two attached hydrogens (primary N) is 1. The van der Waals surface area contributed by atoms with Crippen LogP contribution in [0.2, 0.25) is 0 Å². The van der Waals surface area contributed by atoms with Crippen molar-refractivity contribution >= 4 is 11.7 Å². The van der Waals surface area contributed by atoms with E-state index in [0.29, 0.717) is 29.8 Å². The van der Waals surface area contributed by atoms with Crippen LogP contribution in [0.1, 0.15) is 39.6 Å². The number of carbonyl (C=O) groups excluding carboxylic acids is 1. The van der Waals surface area contributed by atoms with Crippen LogP contribution in [0.3, 0.4) is 0 Å². The van der Waals surface area contributed by atoms with Crippen molar-refractivity contribution in [3.05, 3.63) is 71.1 Å². The predicted molar refractivity (Wildman–Crippen MR) is 96.2 cm³/mol. The van der Waals surface area contributed by atoms with Gasteiger partial charge in [0.15, 0.2) is 5.78 Å². The highest BCUT2D eigenvalue weighted by atomic mass is 19.1. The summed E-state index contributed by atoms with van der Waals surface area (Å²) < 4.78 is 13.2. The smallest absolute Gasteiger partial charge is 0.220 e. The maximum atomic E-state index is 13.2. The van der Waals surface area contributed by atoms with E-state index in [1.807, 2.05) is 24.3 Å². The highest BCUT2D eigenvalue weighted by Gasteiger charge is 2.30. The Bertz CT molecular complexity index is 1000. The van der Waals surface area contributed by atoms with E-state index < -0.39 is 5.95 Å². The first-order valence-corrected chi connectivity index (χ1v) is 8.40. The first kappa shape index (κ1) is 16.3. The van der Waals surface area contributed by atoms with Gasteiger partial charge in [-0.1, -0.05) is 24.3 Å². The highest BCUT2D eigenvalue weighted by molar-refractivity contribution is 6.00. The molecular weight excluding hydrogens is 331 g/mol. The molecule has 130 valence electrons. The lowest BCUT2D eigenvalue weighted by atomic mass is 9.79. The number of nitrogens with zero attached hydrogens (tertiary/aromatic N) is 3. The maximum absolute atomic E-state index is 13.2. The summed E-state index contributed by atoms with van der Waals surface area (Å²) in [6.45, 7) is 1.78. The zero-order valence-electron chi connectivity index (χ0n) is 14.2. The second kappa shape index (κ2) is 6.29. The van der Waals surface area contributed by atoms with Crippen molar-refractivity contribution in [3.63, 3.8) is 0 Å². The quantitative estimate of drug-likeness (QED) is 0.717. The van der Waals surface area contributed by atoms with Crippen LogP contribution in [0.15, 0.2) is 42.6 Å². The van der Waals surface area contributed by atoms with Crippen molar-refractivity contribution < 1.29 is 9.18 Å². The minimum Gasteiger partial charge on any atom is -0.368 e. The number of aryl methyl sites for hydroxylation is 1. The summed E-state index contributed by atoms with van der Waals surface area (Å²) in [7, 11) is 0. The second-order valence-electron chi connectivity index (χ2n) is 6.47. The van der Waals surface area contributed by atoms with Crippen LogP contribution >= 0.6 is 0 Å². The van der Waals surface area contributed by atoms with Crippen molar-refractivity contribution in [1.29, 1.82) is 0 Å². The fraction of sp³-hybridized carbons (Fsp3) is 0.200. The van der Waals surface area contributed by atoms with E-state index >= 15 is 0 Å². The number of benzene rings is 1. The van der Waals surface area contributed by atoms with E-state index in [1.165, 1.54) is 12.3 Å². The van der Waals surface area contributed by atoms with E-state index in [2.05, 4.69) is 15.0 Å². The van der Waals surface area contributed by atoms with Gasteiger partial charge in [-0.15, -0.1) is 0 Å². The lowest BCUT2D eigenvalue weighted by Gasteiger charge is -2.26. The molecule has 5 nitrogen and oxygen atoms in total. The summed E-state index contributed by atoms with van der Waals surface area (Å²) in [5.41, 5.74) is 10.5. The first-order valence-electron chi connectivity index (χ1n) is 8.40. The standard InChI is InChI=1S/C20H17FN4O/c1-11-19-16(25-20(22)24-11)8-13(9-17(19)26)15-5-3-2-4-14(15)12-6-7-18(21)23-10-12/h2-7,10,13H,8-9H2,1H3,(H2,22,24,25). The zero-order valence-corrected chi connectivity index (χ0v) is 14.2. The SMILES string of the molecule is Cc1nc(N)nc2c1C(=O)CC(c1ccccc1-c1ccc(F)nc1)C2. The Morgan fingerprint density at radius 2 is 1.92 bits per heavy atom. The first-order chi connectivity index (χ1) is 12.5. The summed E-state index contributed by atoms with van der Waals surface area (Å²) in [4.78, 5) is 24.9. The minimum absolute atomic E-state index is 0.0232. The molecule has 1 aliphatic rings. The van der Waals surface area contributed by atoms with Crippen LogP contribution in [0, 0.1) is 12.9 Å². The number of halogens is 1. The van der Waals surface area contributed by atoms with Crippen LogP contribution < -0.4 is 5.73 Å². The molecule has 0 saturated carbocycles. The van der Waals surface area contributed by atoms with Gasteiger partial charge in [-0.2, -0.15) is 4.39 Å². The van der Waals surface area contributed by atoms with Crippen LogP contribution in [0.25, 0.3) is 11.1 Å². The predicted octanol–water partition coefficient (Wildman–Crippen LogP) is 3.48. The summed E-state index contributed by atoms with van der Waals surface area (Å²) >= 11 is 0. The van der Waals surface area contributed by atoms with Crippen LogP contribution in [-0.4, -0.2) is 20.7 Å². The third kappa shape index (κ3) is 2.83. The number of anilines is 1. The summed E-state index contributed by atoms with van der Waals surface area (Å²) in [5, 5.41) is 0. The summed E-state index contributed by atoms with van der Waals surface area (Å²) in [6, 6.07) is 10.9. The topological polar surface area (TPSA) is 81.8 Å². The number of hydrogen-bond donors (Lipinski definition) is 1. The van der Waals surface area contributed by atoms with Gasteiger partial charge in [-0.05, 0) is 42.5 Å². The molecule has 0 aliphatic heterocycles. The molecule has 1 aromatic carbocycles. The Kier molecular flexibility index (Phi) is 3.95. The molecule has 2 aromatic heterocycles. The van der Waals surface area contributed by atoms with Gasteiger partial charge in [0.05, 0.1) is 17.0 Å². The third-order valence-corrected chi connectivity index (χ3v) is 4.77. The molecule has 1 aliphatic carbocycles. The number of nitrogen functional groups attached to an aromatic ring is 1. The molecule has 0 radical (unpaired) electrons. The van der Waals surface area contributed by atoms with Crippen LogP contribution in [0.4, 0.5) is 10.3 Å². The number of hydrogen-bond acceptors (Lipinski definition) is 5. The van der Waals surface area contributed by atoms with Gasteiger partial charge in [-0.3, -0.25) is 4.79 Å². The fourth-order valence-corrected chi connectivity index (χ4v) is 3.67. The number of Topliss-reactive ketones (excluding diaryl/α,β-unsaturated/α-hetero) is 1. The van der Waals surface area contributed by atoms with Gasteiger partial charge in [0, 0.05) is 18.2 Å². The Morgan fingerprint density at radius 1 is 1.12 bits per heavy atom. The van der Waals surface area contributed by atoms with Gasteiger partial charge in [0.1, 0.15) is 0 Å². The average molecular weight is 348 g/mol. The summed E-state index contributed by atoms with van der Waals surface area (Å²) in [6.07, 6.45) is 2.50. The summed E-state index contributed by atoms with van der Waals surface area (Å²) in [5.74, 6) is -0.327. The molecule has 0 saturated heterocycles. The molecule has 1 atom stereocenters. The van der Waals surface area contributed by atoms with E-state index in [1.54, 1.807) is 13.0 Å². The number of rotatable bonds is 2. The second-order valence-corrected chi connectivity index (χ2v) is 6.47. The van der Waals surface area contributed by atoms with Crippen molar-refractivity contribution in [2.45, 2.75) is 25.7 Å². The van der Waals surface area contributed by atoms with Crippen molar-refractivity contribution in [2.24, 2.45) is 0 Å². The number of ketones is 1. The van der Waals surface area contributed by atoms with Crippen LogP contribution in [-0.2, 0) is 6.42 Å². The lowest BCUT2D eigenvalue weighted by Crippen LogP contribution is -2.23. The van der Waals surface area contributed by atoms with Gasteiger partial charge >= 0.3 is 0 Å². The molecule has 4 rings (SSSR count). The lowest BCUT2D eigenvalue weighted by molar-refractivity contribution is 0.0962. The molecule has 26 heavy (non-hydrogen) atoms. The number of fused-ring (bicyclic) bond motifs is 1. The van der Waals surface area contributed by atoms with E-state index in [0.717, 1.165) is 16.7 Å². The molecule has 0 amide bonds. The molecule has 0 bridgehead atoms. The van der Waals surface area contributed by atoms with Gasteiger partial charge in [0.2, 0.25) is 11.9 Å². The maximum Gasteiger partial charge on any atom is 0.220 e. The highest BCUT2D eigenvalue weighted by Crippen LogP contribution is 2.37. The average Bonchev–Trinajstić information content (AvgIpc) is 2.61. The molecular formula is C20H17FN4O. The molecule has 0 spiro atoms. The normalized spacial score (nSPS) is 16.4. The number of pyridine rings is 1. The van der Waals surface area contributed by atoms with Crippen molar-refractivity contribution in [1.82, 2.24) is 15.0 Å². The molecule has 2 heterocycles. The molecule has 6 heteroatoms. The molecule has 3 aromatic rings. The van der Waals surface area contributed by atoms with E-state index in [9.17, 15) is 9.18 Å². The minimum atomic E-state index is -0.518. The number of aromatic nitrogens is 3. The number of carbonyl (C=O) groups is 1. The van der Waals surface area contributed by atoms with Gasteiger partial charge in [-0.25, -0.2) is 15.0 Å². The molecule has 0 fully saturated rings. The Hall–Kier alpha value is -3.15. The fourth-order valence-electron chi connectivity index (χ4n) is 3.67.